The third-order valence-corrected chi connectivity index (χ3v) is 2.88. The molecule has 0 N–H and O–H groups in total. The van der Waals surface area contributed by atoms with Gasteiger partial charge < -0.3 is 4.74 Å². The Kier molecular flexibility index (Phi) is 3.32. The fourth-order valence-corrected chi connectivity index (χ4v) is 1.63. The van der Waals surface area contributed by atoms with Crippen molar-refractivity contribution in [1.82, 2.24) is 0 Å². The van der Waals surface area contributed by atoms with Crippen LogP contribution in [-0.4, -0.2) is 20.8 Å². The molecule has 0 bridgehead atoms. The highest BCUT2D eigenvalue weighted by Gasteiger charge is 2.07. The fourth-order valence-electron chi connectivity index (χ4n) is 0.996. The van der Waals surface area contributed by atoms with Gasteiger partial charge in [0.1, 0.15) is 11.8 Å². The van der Waals surface area contributed by atoms with E-state index in [-0.39, 0.29) is 4.90 Å². The Bertz CT molecular complexity index is 470. The summed E-state index contributed by atoms with van der Waals surface area (Å²) in [4.78, 5) is 0.236. The highest BCUT2D eigenvalue weighted by atomic mass is 32.2. The van der Waals surface area contributed by atoms with Crippen LogP contribution in [0.2, 0.25) is 0 Å². The molecule has 80 valence electrons. The molecular weight excluding hydrogens is 214 g/mol. The number of benzene rings is 1. The van der Waals surface area contributed by atoms with E-state index in [0.29, 0.717) is 5.75 Å². The first kappa shape index (κ1) is 11.5. The number of ether oxygens (including phenoxy) is 1. The van der Waals surface area contributed by atoms with Crippen LogP contribution in [0.25, 0.3) is 0 Å². The van der Waals surface area contributed by atoms with Crippen LogP contribution >= 0.6 is 0 Å². The largest absolute Gasteiger partial charge is 0.476 e. The summed E-state index contributed by atoms with van der Waals surface area (Å²) in [6, 6.07) is 7.89. The van der Waals surface area contributed by atoms with Crippen molar-refractivity contribution >= 4 is 9.84 Å². The van der Waals surface area contributed by atoms with Crippen molar-refractivity contribution in [2.45, 2.75) is 17.9 Å². The normalized spacial score (nSPS) is 12.9. The Morgan fingerprint density at radius 3 is 2.27 bits per heavy atom. The molecule has 1 aromatic rings. The van der Waals surface area contributed by atoms with E-state index in [1.165, 1.54) is 24.3 Å². The van der Waals surface area contributed by atoms with Crippen LogP contribution in [0, 0.1) is 11.3 Å². The topological polar surface area (TPSA) is 67.2 Å². The lowest BCUT2D eigenvalue weighted by Crippen LogP contribution is -2.08. The average molecular weight is 225 g/mol. The predicted octanol–water partition coefficient (Wildman–Crippen LogP) is 1.38. The Balaban J connectivity index is 2.88. The summed E-state index contributed by atoms with van der Waals surface area (Å²) in [5, 5.41) is 8.51. The molecule has 0 saturated carbocycles. The molecule has 5 heteroatoms. The minimum absolute atomic E-state index is 0.236. The molecule has 0 saturated heterocycles. The first-order chi connectivity index (χ1) is 6.93. The quantitative estimate of drug-likeness (QED) is 0.779. The Morgan fingerprint density at radius 2 is 1.87 bits per heavy atom. The molecule has 0 fully saturated rings. The maximum Gasteiger partial charge on any atom is 0.181 e. The molecule has 1 rings (SSSR count). The summed E-state index contributed by atoms with van der Waals surface area (Å²) >= 11 is 0. The number of hydrogen-bond donors (Lipinski definition) is 0. The number of nitrogens with zero attached hydrogens (tertiary/aromatic N) is 1. The zero-order chi connectivity index (χ0) is 11.5. The second-order valence-electron chi connectivity index (χ2n) is 3.13. The third-order valence-electron chi connectivity index (χ3n) is 1.75. The summed E-state index contributed by atoms with van der Waals surface area (Å²) in [6.45, 7) is 1.62. The van der Waals surface area contributed by atoms with Gasteiger partial charge in [-0.15, -0.1) is 0 Å². The monoisotopic (exact) mass is 225 g/mol. The molecule has 0 aliphatic rings. The van der Waals surface area contributed by atoms with Crippen LogP contribution in [0.5, 0.6) is 5.75 Å². The van der Waals surface area contributed by atoms with Crippen LogP contribution in [0.4, 0.5) is 0 Å². The SMILES string of the molecule is C[C@H](C#N)Oc1ccc(S(C)(=O)=O)cc1. The second-order valence-corrected chi connectivity index (χ2v) is 5.15. The molecule has 0 amide bonds. The van der Waals surface area contributed by atoms with Gasteiger partial charge in [-0.1, -0.05) is 0 Å². The highest BCUT2D eigenvalue weighted by molar-refractivity contribution is 7.90. The Morgan fingerprint density at radius 1 is 1.33 bits per heavy atom. The number of nitriles is 1. The minimum Gasteiger partial charge on any atom is -0.476 e. The average Bonchev–Trinajstić information content (AvgIpc) is 2.17. The minimum atomic E-state index is -3.17. The van der Waals surface area contributed by atoms with Crippen molar-refractivity contribution in [2.75, 3.05) is 6.26 Å². The molecule has 0 aliphatic carbocycles. The van der Waals surface area contributed by atoms with Gasteiger partial charge >= 0.3 is 0 Å². The van der Waals surface area contributed by atoms with Crippen molar-refractivity contribution in [1.29, 1.82) is 5.26 Å². The first-order valence-corrected chi connectivity index (χ1v) is 6.19. The lowest BCUT2D eigenvalue weighted by molar-refractivity contribution is 0.276. The summed E-state index contributed by atoms with van der Waals surface area (Å²) < 4.78 is 27.4. The van der Waals surface area contributed by atoms with Gasteiger partial charge in [-0.05, 0) is 31.2 Å². The number of hydrogen-bond acceptors (Lipinski definition) is 4. The maximum atomic E-state index is 11.1. The van der Waals surface area contributed by atoms with E-state index < -0.39 is 15.9 Å². The van der Waals surface area contributed by atoms with Crippen LogP contribution < -0.4 is 4.74 Å². The molecule has 0 aromatic heterocycles. The molecule has 0 radical (unpaired) electrons. The summed E-state index contributed by atoms with van der Waals surface area (Å²) in [5.41, 5.74) is 0. The van der Waals surface area contributed by atoms with E-state index >= 15 is 0 Å². The molecule has 4 nitrogen and oxygen atoms in total. The predicted molar refractivity (Wildman–Crippen MR) is 55.3 cm³/mol. The second kappa shape index (κ2) is 4.32. The highest BCUT2D eigenvalue weighted by Crippen LogP contribution is 2.16. The van der Waals surface area contributed by atoms with Crippen molar-refractivity contribution in [3.63, 3.8) is 0 Å². The zero-order valence-corrected chi connectivity index (χ0v) is 9.28. The zero-order valence-electron chi connectivity index (χ0n) is 8.47. The standard InChI is InChI=1S/C10H11NO3S/c1-8(7-11)14-9-3-5-10(6-4-9)15(2,12)13/h3-6,8H,1-2H3/t8-/m1/s1. The molecule has 1 aromatic carbocycles. The molecule has 0 unspecified atom stereocenters. The van der Waals surface area contributed by atoms with Gasteiger partial charge in [-0.25, -0.2) is 8.42 Å². The number of rotatable bonds is 3. The fraction of sp³-hybridized carbons (Fsp3) is 0.300. The van der Waals surface area contributed by atoms with Gasteiger partial charge in [-0.2, -0.15) is 5.26 Å². The maximum absolute atomic E-state index is 11.1. The molecule has 0 spiro atoms. The van der Waals surface area contributed by atoms with Gasteiger partial charge in [0, 0.05) is 6.26 Å². The van der Waals surface area contributed by atoms with E-state index in [2.05, 4.69) is 0 Å². The lowest BCUT2D eigenvalue weighted by atomic mass is 10.3. The van der Waals surface area contributed by atoms with Crippen LogP contribution in [0.1, 0.15) is 6.92 Å². The van der Waals surface area contributed by atoms with Gasteiger partial charge in [0.15, 0.2) is 15.9 Å². The van der Waals surface area contributed by atoms with E-state index in [4.69, 9.17) is 10.00 Å². The van der Waals surface area contributed by atoms with Gasteiger partial charge in [0.25, 0.3) is 0 Å². The van der Waals surface area contributed by atoms with E-state index in [1.807, 2.05) is 6.07 Å². The molecule has 1 atom stereocenters. The number of sulfone groups is 1. The lowest BCUT2D eigenvalue weighted by Gasteiger charge is -2.07. The van der Waals surface area contributed by atoms with Crippen molar-refractivity contribution in [3.05, 3.63) is 24.3 Å². The van der Waals surface area contributed by atoms with E-state index in [9.17, 15) is 8.42 Å². The van der Waals surface area contributed by atoms with Crippen molar-refractivity contribution in [2.24, 2.45) is 0 Å². The Hall–Kier alpha value is -1.54. The van der Waals surface area contributed by atoms with E-state index in [0.717, 1.165) is 6.26 Å². The molecule has 0 heterocycles. The van der Waals surface area contributed by atoms with Crippen LogP contribution in [0.15, 0.2) is 29.2 Å². The van der Waals surface area contributed by atoms with Crippen molar-refractivity contribution < 1.29 is 13.2 Å². The van der Waals surface area contributed by atoms with Gasteiger partial charge in [0.2, 0.25) is 0 Å². The smallest absolute Gasteiger partial charge is 0.181 e. The third kappa shape index (κ3) is 3.26. The summed E-state index contributed by atoms with van der Waals surface area (Å²) in [5.74, 6) is 0.483. The molecule has 15 heavy (non-hydrogen) atoms. The first-order valence-electron chi connectivity index (χ1n) is 4.30. The van der Waals surface area contributed by atoms with Gasteiger partial charge in [-0.3, -0.25) is 0 Å². The molecular formula is C10H11NO3S. The Labute approximate surface area is 89.0 Å². The molecule has 0 aliphatic heterocycles. The van der Waals surface area contributed by atoms with Gasteiger partial charge in [0.05, 0.1) is 4.90 Å². The summed E-state index contributed by atoms with van der Waals surface area (Å²) in [7, 11) is -3.17. The van der Waals surface area contributed by atoms with E-state index in [1.54, 1.807) is 6.92 Å². The van der Waals surface area contributed by atoms with Crippen molar-refractivity contribution in [3.8, 4) is 11.8 Å². The van der Waals surface area contributed by atoms with Crippen LogP contribution in [-0.2, 0) is 9.84 Å². The van der Waals surface area contributed by atoms with Crippen LogP contribution in [0.3, 0.4) is 0 Å². The summed E-state index contributed by atoms with van der Waals surface area (Å²) in [6.07, 6.45) is 0.593.